The average Bonchev–Trinajstić information content (AvgIpc) is 2.42. The van der Waals surface area contributed by atoms with Gasteiger partial charge in [0.2, 0.25) is 0 Å². The maximum atomic E-state index is 13.0. The number of nitrogens with two attached hydrogens (primary N) is 1. The van der Waals surface area contributed by atoms with E-state index in [2.05, 4.69) is 0 Å². The van der Waals surface area contributed by atoms with E-state index in [1.807, 2.05) is 30.3 Å². The third-order valence-electron chi connectivity index (χ3n) is 2.69. The molecule has 0 aliphatic heterocycles. The third kappa shape index (κ3) is 4.03. The fourth-order valence-electron chi connectivity index (χ4n) is 1.75. The Hall–Kier alpha value is -1.94. The highest BCUT2D eigenvalue weighted by Gasteiger charge is 2.08. The molecule has 0 fully saturated rings. The van der Waals surface area contributed by atoms with E-state index in [-0.39, 0.29) is 6.04 Å². The highest BCUT2D eigenvalue weighted by atomic mass is 19.2. The van der Waals surface area contributed by atoms with Gasteiger partial charge in [-0.1, -0.05) is 24.3 Å². The topological polar surface area (TPSA) is 35.2 Å². The van der Waals surface area contributed by atoms with Crippen LogP contribution >= 0.6 is 0 Å². The molecule has 0 aromatic heterocycles. The maximum Gasteiger partial charge on any atom is 0.159 e. The van der Waals surface area contributed by atoms with Gasteiger partial charge in [0.1, 0.15) is 12.4 Å². The zero-order chi connectivity index (χ0) is 13.7. The molecule has 0 saturated carbocycles. The van der Waals surface area contributed by atoms with Gasteiger partial charge in [0.25, 0.3) is 0 Å². The van der Waals surface area contributed by atoms with Gasteiger partial charge in [-0.15, -0.1) is 0 Å². The number of rotatable bonds is 5. The van der Waals surface area contributed by atoms with Crippen molar-refractivity contribution < 1.29 is 13.5 Å². The van der Waals surface area contributed by atoms with Crippen LogP contribution in [0.15, 0.2) is 48.5 Å². The molecule has 2 rings (SSSR count). The van der Waals surface area contributed by atoms with Gasteiger partial charge in [-0.25, -0.2) is 8.78 Å². The zero-order valence-electron chi connectivity index (χ0n) is 10.4. The second-order valence-electron chi connectivity index (χ2n) is 4.34. The van der Waals surface area contributed by atoms with E-state index < -0.39 is 11.6 Å². The number of halogens is 2. The summed E-state index contributed by atoms with van der Waals surface area (Å²) in [6.45, 7) is 0.322. The van der Waals surface area contributed by atoms with E-state index >= 15 is 0 Å². The normalized spacial score (nSPS) is 12.2. The van der Waals surface area contributed by atoms with Crippen LogP contribution in [0.2, 0.25) is 0 Å². The molecule has 2 nitrogen and oxygen atoms in total. The molecule has 0 amide bonds. The quantitative estimate of drug-likeness (QED) is 0.900. The van der Waals surface area contributed by atoms with Crippen LogP contribution in [0.3, 0.4) is 0 Å². The van der Waals surface area contributed by atoms with Crippen molar-refractivity contribution in [2.75, 3.05) is 6.61 Å². The highest BCUT2D eigenvalue weighted by molar-refractivity contribution is 5.21. The van der Waals surface area contributed by atoms with Gasteiger partial charge in [0, 0.05) is 6.04 Å². The van der Waals surface area contributed by atoms with Crippen LogP contribution in [-0.4, -0.2) is 12.6 Å². The summed E-state index contributed by atoms with van der Waals surface area (Å²) in [5.74, 6) is -0.963. The number of hydrogen-bond donors (Lipinski definition) is 1. The average molecular weight is 263 g/mol. The van der Waals surface area contributed by atoms with Crippen LogP contribution in [0.25, 0.3) is 0 Å². The van der Waals surface area contributed by atoms with Crippen LogP contribution in [-0.2, 0) is 6.42 Å². The lowest BCUT2D eigenvalue weighted by molar-refractivity contribution is 0.287. The summed E-state index contributed by atoms with van der Waals surface area (Å²) in [6.07, 6.45) is 0.435. The van der Waals surface area contributed by atoms with Gasteiger partial charge in [-0.3, -0.25) is 0 Å². The Bertz CT molecular complexity index is 531. The highest BCUT2D eigenvalue weighted by Crippen LogP contribution is 2.12. The summed E-state index contributed by atoms with van der Waals surface area (Å²) in [7, 11) is 0. The number of para-hydroxylation sites is 1. The van der Waals surface area contributed by atoms with Gasteiger partial charge in [0.05, 0.1) is 0 Å². The van der Waals surface area contributed by atoms with E-state index in [1.165, 1.54) is 6.07 Å². The van der Waals surface area contributed by atoms with Crippen LogP contribution in [0, 0.1) is 11.6 Å². The molecule has 0 radical (unpaired) electrons. The lowest BCUT2D eigenvalue weighted by Crippen LogP contribution is -2.30. The van der Waals surface area contributed by atoms with Crippen LogP contribution in [0.5, 0.6) is 5.75 Å². The van der Waals surface area contributed by atoms with Gasteiger partial charge in [-0.2, -0.15) is 0 Å². The molecule has 0 saturated heterocycles. The monoisotopic (exact) mass is 263 g/mol. The minimum absolute atomic E-state index is 0.273. The van der Waals surface area contributed by atoms with Crippen molar-refractivity contribution in [2.24, 2.45) is 5.73 Å². The summed E-state index contributed by atoms with van der Waals surface area (Å²) >= 11 is 0. The molecular formula is C15H15F2NO. The molecule has 1 unspecified atom stereocenters. The second-order valence-corrected chi connectivity index (χ2v) is 4.34. The Labute approximate surface area is 110 Å². The molecule has 4 heteroatoms. The smallest absolute Gasteiger partial charge is 0.159 e. The van der Waals surface area contributed by atoms with Crippen molar-refractivity contribution in [3.8, 4) is 5.75 Å². The standard InChI is InChI=1S/C15H15F2NO/c16-14-7-6-11(9-15(14)17)8-12(18)10-19-13-4-2-1-3-5-13/h1-7,9,12H,8,10,18H2. The molecule has 0 aliphatic carbocycles. The minimum Gasteiger partial charge on any atom is -0.492 e. The van der Waals surface area contributed by atoms with E-state index in [1.54, 1.807) is 0 Å². The minimum atomic E-state index is -0.853. The second kappa shape index (κ2) is 6.29. The van der Waals surface area contributed by atoms with E-state index in [0.717, 1.165) is 17.9 Å². The largest absolute Gasteiger partial charge is 0.492 e. The molecule has 2 N–H and O–H groups in total. The van der Waals surface area contributed by atoms with Crippen molar-refractivity contribution in [1.82, 2.24) is 0 Å². The van der Waals surface area contributed by atoms with E-state index in [9.17, 15) is 8.78 Å². The Balaban J connectivity index is 1.87. The number of ether oxygens (including phenoxy) is 1. The first-order valence-electron chi connectivity index (χ1n) is 6.02. The molecule has 0 spiro atoms. The predicted octanol–water partition coefficient (Wildman–Crippen LogP) is 2.91. The third-order valence-corrected chi connectivity index (χ3v) is 2.69. The van der Waals surface area contributed by atoms with E-state index in [4.69, 9.17) is 10.5 Å². The SMILES string of the molecule is NC(COc1ccccc1)Cc1ccc(F)c(F)c1. The first-order valence-corrected chi connectivity index (χ1v) is 6.02. The van der Waals surface area contributed by atoms with Gasteiger partial charge < -0.3 is 10.5 Å². The molecule has 2 aromatic carbocycles. The molecule has 0 aliphatic rings. The summed E-state index contributed by atoms with van der Waals surface area (Å²) in [5.41, 5.74) is 6.56. The Kier molecular flexibility index (Phi) is 4.47. The molecule has 19 heavy (non-hydrogen) atoms. The molecule has 0 bridgehead atoms. The molecular weight excluding hydrogens is 248 g/mol. The number of benzene rings is 2. The Morgan fingerprint density at radius 1 is 1.00 bits per heavy atom. The zero-order valence-corrected chi connectivity index (χ0v) is 10.4. The van der Waals surface area contributed by atoms with Crippen molar-refractivity contribution in [1.29, 1.82) is 0 Å². The van der Waals surface area contributed by atoms with Crippen LogP contribution in [0.4, 0.5) is 8.78 Å². The van der Waals surface area contributed by atoms with Gasteiger partial charge >= 0.3 is 0 Å². The summed E-state index contributed by atoms with van der Waals surface area (Å²) < 4.78 is 31.3. The number of hydrogen-bond acceptors (Lipinski definition) is 2. The first-order chi connectivity index (χ1) is 9.15. The fourth-order valence-corrected chi connectivity index (χ4v) is 1.75. The van der Waals surface area contributed by atoms with Crippen molar-refractivity contribution >= 4 is 0 Å². The van der Waals surface area contributed by atoms with Gasteiger partial charge in [-0.05, 0) is 36.2 Å². The first kappa shape index (κ1) is 13.5. The lowest BCUT2D eigenvalue weighted by atomic mass is 10.1. The molecule has 100 valence electrons. The van der Waals surface area contributed by atoms with Gasteiger partial charge in [0.15, 0.2) is 11.6 Å². The predicted molar refractivity (Wildman–Crippen MR) is 70.0 cm³/mol. The Morgan fingerprint density at radius 2 is 1.74 bits per heavy atom. The molecule has 1 atom stereocenters. The molecule has 0 heterocycles. The summed E-state index contributed by atoms with van der Waals surface area (Å²) in [6, 6.07) is 12.8. The lowest BCUT2D eigenvalue weighted by Gasteiger charge is -2.13. The Morgan fingerprint density at radius 3 is 2.42 bits per heavy atom. The summed E-state index contributed by atoms with van der Waals surface area (Å²) in [4.78, 5) is 0. The van der Waals surface area contributed by atoms with Crippen LogP contribution in [0.1, 0.15) is 5.56 Å². The van der Waals surface area contributed by atoms with Crippen LogP contribution < -0.4 is 10.5 Å². The molecule has 2 aromatic rings. The van der Waals surface area contributed by atoms with Crippen molar-refractivity contribution in [3.63, 3.8) is 0 Å². The van der Waals surface area contributed by atoms with Crippen molar-refractivity contribution in [2.45, 2.75) is 12.5 Å². The summed E-state index contributed by atoms with van der Waals surface area (Å²) in [5, 5.41) is 0. The fraction of sp³-hybridized carbons (Fsp3) is 0.200. The maximum absolute atomic E-state index is 13.0. The van der Waals surface area contributed by atoms with E-state index in [0.29, 0.717) is 18.6 Å². The van der Waals surface area contributed by atoms with Crippen molar-refractivity contribution in [3.05, 3.63) is 65.7 Å².